The van der Waals surface area contributed by atoms with Crippen LogP contribution in [-0.2, 0) is 0 Å². The van der Waals surface area contributed by atoms with E-state index >= 15 is 0 Å². The Balaban J connectivity index is 2.93. The van der Waals surface area contributed by atoms with Gasteiger partial charge >= 0.3 is 0 Å². The highest BCUT2D eigenvalue weighted by molar-refractivity contribution is 5.81. The van der Waals surface area contributed by atoms with Crippen molar-refractivity contribution >= 4 is 10.9 Å². The van der Waals surface area contributed by atoms with Crippen molar-refractivity contribution in [2.24, 2.45) is 0 Å². The number of rotatable bonds is 0. The Morgan fingerprint density at radius 2 is 2.09 bits per heavy atom. The van der Waals surface area contributed by atoms with Crippen molar-refractivity contribution in [1.82, 2.24) is 10.2 Å². The first-order chi connectivity index (χ1) is 5.29. The fraction of sp³-hybridized carbons (Fsp3) is 0.222. The number of fused-ring (bicyclic) bond motifs is 1. The fourth-order valence-corrected chi connectivity index (χ4v) is 1.26. The second kappa shape index (κ2) is 2.09. The SMILES string of the molecule is Cc1ccc2cn[nH]c2c1C. The van der Waals surface area contributed by atoms with Crippen molar-refractivity contribution in [3.8, 4) is 0 Å². The van der Waals surface area contributed by atoms with Crippen molar-refractivity contribution in [3.05, 3.63) is 29.5 Å². The Kier molecular flexibility index (Phi) is 1.22. The molecule has 0 unspecified atom stereocenters. The van der Waals surface area contributed by atoms with Gasteiger partial charge in [0.2, 0.25) is 0 Å². The van der Waals surface area contributed by atoms with Crippen LogP contribution in [0.4, 0.5) is 0 Å². The number of benzene rings is 1. The van der Waals surface area contributed by atoms with E-state index in [1.807, 2.05) is 6.20 Å². The van der Waals surface area contributed by atoms with Gasteiger partial charge in [0.05, 0.1) is 11.7 Å². The van der Waals surface area contributed by atoms with Gasteiger partial charge in [0, 0.05) is 5.39 Å². The van der Waals surface area contributed by atoms with Gasteiger partial charge in [-0.05, 0) is 25.0 Å². The number of aromatic nitrogens is 2. The van der Waals surface area contributed by atoms with Crippen LogP contribution in [0, 0.1) is 13.8 Å². The number of hydrogen-bond acceptors (Lipinski definition) is 1. The van der Waals surface area contributed by atoms with Crippen LogP contribution in [0.1, 0.15) is 11.1 Å². The zero-order valence-corrected chi connectivity index (χ0v) is 6.68. The standard InChI is InChI=1S/C9H10N2/c1-6-3-4-8-5-10-11-9(8)7(6)2/h3-5H,1-2H3,(H,10,11). The average molecular weight is 146 g/mol. The molecule has 0 radical (unpaired) electrons. The predicted molar refractivity (Wildman–Crippen MR) is 45.6 cm³/mol. The highest BCUT2D eigenvalue weighted by Gasteiger charge is 1.99. The highest BCUT2D eigenvalue weighted by atomic mass is 15.1. The molecule has 0 spiro atoms. The number of nitrogens with one attached hydrogen (secondary N) is 1. The average Bonchev–Trinajstić information content (AvgIpc) is 2.45. The summed E-state index contributed by atoms with van der Waals surface area (Å²) in [7, 11) is 0. The van der Waals surface area contributed by atoms with E-state index in [0.29, 0.717) is 0 Å². The summed E-state index contributed by atoms with van der Waals surface area (Å²) >= 11 is 0. The molecule has 2 heteroatoms. The summed E-state index contributed by atoms with van der Waals surface area (Å²) in [5.74, 6) is 0. The van der Waals surface area contributed by atoms with Crippen molar-refractivity contribution in [2.75, 3.05) is 0 Å². The molecule has 1 heterocycles. The summed E-state index contributed by atoms with van der Waals surface area (Å²) in [6, 6.07) is 4.20. The Hall–Kier alpha value is -1.31. The molecule has 0 fully saturated rings. The van der Waals surface area contributed by atoms with Crippen molar-refractivity contribution < 1.29 is 0 Å². The quantitative estimate of drug-likeness (QED) is 0.606. The summed E-state index contributed by atoms with van der Waals surface area (Å²) in [5.41, 5.74) is 3.76. The smallest absolute Gasteiger partial charge is 0.0682 e. The molecule has 0 aliphatic carbocycles. The maximum Gasteiger partial charge on any atom is 0.0682 e. The third-order valence-corrected chi connectivity index (χ3v) is 2.15. The fourth-order valence-electron chi connectivity index (χ4n) is 1.26. The molecular formula is C9H10N2. The molecular weight excluding hydrogens is 136 g/mol. The zero-order chi connectivity index (χ0) is 7.84. The Labute approximate surface area is 65.2 Å². The number of aromatic amines is 1. The summed E-state index contributed by atoms with van der Waals surface area (Å²) < 4.78 is 0. The number of H-pyrrole nitrogens is 1. The molecule has 2 rings (SSSR count). The lowest BCUT2D eigenvalue weighted by molar-refractivity contribution is 1.11. The van der Waals surface area contributed by atoms with Crippen LogP contribution >= 0.6 is 0 Å². The van der Waals surface area contributed by atoms with Crippen molar-refractivity contribution in [1.29, 1.82) is 0 Å². The first kappa shape index (κ1) is 6.40. The van der Waals surface area contributed by atoms with E-state index in [4.69, 9.17) is 0 Å². The summed E-state index contributed by atoms with van der Waals surface area (Å²) in [6.07, 6.45) is 1.85. The molecule has 56 valence electrons. The van der Waals surface area contributed by atoms with Gasteiger partial charge in [0.1, 0.15) is 0 Å². The van der Waals surface area contributed by atoms with Crippen LogP contribution in [-0.4, -0.2) is 10.2 Å². The van der Waals surface area contributed by atoms with Crippen LogP contribution in [0.25, 0.3) is 10.9 Å². The van der Waals surface area contributed by atoms with Gasteiger partial charge in [-0.25, -0.2) is 0 Å². The molecule has 2 nitrogen and oxygen atoms in total. The minimum Gasteiger partial charge on any atom is -0.278 e. The molecule has 1 aromatic carbocycles. The molecule has 2 aromatic rings. The Morgan fingerprint density at radius 3 is 2.91 bits per heavy atom. The second-order valence-electron chi connectivity index (χ2n) is 2.84. The third-order valence-electron chi connectivity index (χ3n) is 2.15. The summed E-state index contributed by atoms with van der Waals surface area (Å²) in [5, 5.41) is 8.14. The van der Waals surface area contributed by atoms with Gasteiger partial charge in [0.15, 0.2) is 0 Å². The molecule has 0 aliphatic heterocycles. The van der Waals surface area contributed by atoms with E-state index in [9.17, 15) is 0 Å². The van der Waals surface area contributed by atoms with Gasteiger partial charge in [-0.3, -0.25) is 5.10 Å². The van der Waals surface area contributed by atoms with Crippen LogP contribution < -0.4 is 0 Å². The summed E-state index contributed by atoms with van der Waals surface area (Å²) in [4.78, 5) is 0. The highest BCUT2D eigenvalue weighted by Crippen LogP contribution is 2.17. The number of hydrogen-bond donors (Lipinski definition) is 1. The first-order valence-electron chi connectivity index (χ1n) is 3.68. The van der Waals surface area contributed by atoms with Crippen LogP contribution in [0.15, 0.2) is 18.3 Å². The largest absolute Gasteiger partial charge is 0.278 e. The van der Waals surface area contributed by atoms with Gasteiger partial charge in [-0.1, -0.05) is 12.1 Å². The maximum absolute atomic E-state index is 3.98. The lowest BCUT2D eigenvalue weighted by atomic mass is 10.1. The topological polar surface area (TPSA) is 28.7 Å². The Morgan fingerprint density at radius 1 is 1.27 bits per heavy atom. The lowest BCUT2D eigenvalue weighted by Gasteiger charge is -1.98. The third kappa shape index (κ3) is 0.827. The molecule has 1 N–H and O–H groups in total. The monoisotopic (exact) mass is 146 g/mol. The molecule has 0 saturated heterocycles. The normalized spacial score (nSPS) is 10.7. The zero-order valence-electron chi connectivity index (χ0n) is 6.68. The van der Waals surface area contributed by atoms with Crippen molar-refractivity contribution in [2.45, 2.75) is 13.8 Å². The lowest BCUT2D eigenvalue weighted by Crippen LogP contribution is -1.81. The van der Waals surface area contributed by atoms with Gasteiger partial charge < -0.3 is 0 Å². The summed E-state index contributed by atoms with van der Waals surface area (Å²) in [6.45, 7) is 4.21. The maximum atomic E-state index is 3.98. The van der Waals surface area contributed by atoms with E-state index in [1.165, 1.54) is 16.5 Å². The molecule has 0 aliphatic rings. The van der Waals surface area contributed by atoms with Gasteiger partial charge in [-0.2, -0.15) is 5.10 Å². The minimum absolute atomic E-state index is 1.16. The van der Waals surface area contributed by atoms with E-state index in [1.54, 1.807) is 0 Å². The van der Waals surface area contributed by atoms with E-state index in [-0.39, 0.29) is 0 Å². The van der Waals surface area contributed by atoms with Crippen LogP contribution in [0.2, 0.25) is 0 Å². The number of nitrogens with zero attached hydrogens (tertiary/aromatic N) is 1. The van der Waals surface area contributed by atoms with Crippen molar-refractivity contribution in [3.63, 3.8) is 0 Å². The van der Waals surface area contributed by atoms with Crippen LogP contribution in [0.3, 0.4) is 0 Å². The second-order valence-corrected chi connectivity index (χ2v) is 2.84. The molecule has 0 amide bonds. The molecule has 0 saturated carbocycles. The van der Waals surface area contributed by atoms with E-state index in [2.05, 4.69) is 36.2 Å². The van der Waals surface area contributed by atoms with Gasteiger partial charge in [-0.15, -0.1) is 0 Å². The Bertz CT molecular complexity index is 387. The first-order valence-corrected chi connectivity index (χ1v) is 3.68. The predicted octanol–water partition coefficient (Wildman–Crippen LogP) is 2.18. The molecule has 1 aromatic heterocycles. The molecule has 0 bridgehead atoms. The molecule has 11 heavy (non-hydrogen) atoms. The number of aryl methyl sites for hydroxylation is 2. The van der Waals surface area contributed by atoms with E-state index in [0.717, 1.165) is 5.52 Å². The van der Waals surface area contributed by atoms with Crippen LogP contribution in [0.5, 0.6) is 0 Å². The van der Waals surface area contributed by atoms with E-state index < -0.39 is 0 Å². The van der Waals surface area contributed by atoms with Gasteiger partial charge in [0.25, 0.3) is 0 Å². The minimum atomic E-state index is 1.16. The molecule has 0 atom stereocenters.